The molecule has 0 aliphatic rings. The van der Waals surface area contributed by atoms with Crippen LogP contribution >= 0.6 is 0 Å². The number of nitrogen functional groups attached to an aromatic ring is 1. The summed E-state index contributed by atoms with van der Waals surface area (Å²) in [5, 5.41) is 6.42. The van der Waals surface area contributed by atoms with Crippen molar-refractivity contribution in [2.45, 2.75) is 6.54 Å². The lowest BCUT2D eigenvalue weighted by Crippen LogP contribution is -2.27. The Balaban J connectivity index is 2.60. The summed E-state index contributed by atoms with van der Waals surface area (Å²) in [5.74, 6) is -0.233. The summed E-state index contributed by atoms with van der Waals surface area (Å²) >= 11 is 0. The molecule has 0 saturated heterocycles. The Bertz CT molecular complexity index is 353. The minimum absolute atomic E-state index is 0.0928. The van der Waals surface area contributed by atoms with Gasteiger partial charge in [0.25, 0.3) is 5.91 Å². The van der Waals surface area contributed by atoms with E-state index < -0.39 is 6.67 Å². The fourth-order valence-corrected chi connectivity index (χ4v) is 1.17. The molecular weight excluding hydrogens is 215 g/mol. The Hall–Kier alpha value is -1.63. The van der Waals surface area contributed by atoms with Crippen molar-refractivity contribution >= 4 is 11.7 Å². The number of carbonyl (C=O) groups is 1. The van der Waals surface area contributed by atoms with Gasteiger partial charge in [-0.15, -0.1) is 0 Å². The Labute approximate surface area is 92.6 Å². The van der Waals surface area contributed by atoms with Crippen molar-refractivity contribution in [2.24, 2.45) is 0 Å². The van der Waals surface area contributed by atoms with Gasteiger partial charge < -0.3 is 15.8 Å². The second-order valence-electron chi connectivity index (χ2n) is 3.13. The molecule has 6 nitrogen and oxygen atoms in total. The Morgan fingerprint density at radius 2 is 2.50 bits per heavy atom. The zero-order chi connectivity index (χ0) is 12.0. The molecule has 0 bridgehead atoms. The van der Waals surface area contributed by atoms with Gasteiger partial charge in [0.15, 0.2) is 5.82 Å². The number of aryl methyl sites for hydroxylation is 1. The Morgan fingerprint density at radius 1 is 1.75 bits per heavy atom. The molecule has 0 unspecified atom stereocenters. The number of amides is 1. The number of rotatable bonds is 6. The van der Waals surface area contributed by atoms with E-state index in [4.69, 9.17) is 10.5 Å². The summed E-state index contributed by atoms with van der Waals surface area (Å²) in [6, 6.07) is 0. The van der Waals surface area contributed by atoms with E-state index in [1.807, 2.05) is 0 Å². The number of hydrogen-bond donors (Lipinski definition) is 2. The Kier molecular flexibility index (Phi) is 4.71. The molecule has 0 aromatic carbocycles. The van der Waals surface area contributed by atoms with Crippen molar-refractivity contribution in [2.75, 3.05) is 32.7 Å². The fraction of sp³-hybridized carbons (Fsp3) is 0.556. The van der Waals surface area contributed by atoms with Crippen molar-refractivity contribution in [1.29, 1.82) is 0 Å². The summed E-state index contributed by atoms with van der Waals surface area (Å²) < 4.78 is 18.1. The quantitative estimate of drug-likeness (QED) is 0.664. The zero-order valence-corrected chi connectivity index (χ0v) is 9.07. The number of hydrogen-bond acceptors (Lipinski definition) is 4. The topological polar surface area (TPSA) is 82.2 Å². The van der Waals surface area contributed by atoms with E-state index in [1.165, 1.54) is 10.9 Å². The number of nitrogens with zero attached hydrogens (tertiary/aromatic N) is 2. The first kappa shape index (κ1) is 12.4. The van der Waals surface area contributed by atoms with Gasteiger partial charge in [-0.1, -0.05) is 0 Å². The maximum absolute atomic E-state index is 12.1. The van der Waals surface area contributed by atoms with E-state index in [-0.39, 0.29) is 23.8 Å². The predicted octanol–water partition coefficient (Wildman–Crippen LogP) is -0.189. The van der Waals surface area contributed by atoms with Crippen molar-refractivity contribution in [3.63, 3.8) is 0 Å². The van der Waals surface area contributed by atoms with E-state index >= 15 is 0 Å². The molecule has 0 fully saturated rings. The molecule has 0 spiro atoms. The van der Waals surface area contributed by atoms with Crippen LogP contribution in [-0.4, -0.2) is 42.6 Å². The van der Waals surface area contributed by atoms with Crippen LogP contribution in [0.15, 0.2) is 6.20 Å². The minimum atomic E-state index is -0.550. The largest absolute Gasteiger partial charge is 0.383 e. The van der Waals surface area contributed by atoms with Gasteiger partial charge in [0, 0.05) is 19.9 Å². The van der Waals surface area contributed by atoms with Crippen LogP contribution in [0.25, 0.3) is 0 Å². The normalized spacial score (nSPS) is 10.4. The molecule has 7 heteroatoms. The van der Waals surface area contributed by atoms with Gasteiger partial charge in [0.1, 0.15) is 12.2 Å². The first-order valence-electron chi connectivity index (χ1n) is 4.85. The third-order valence-corrected chi connectivity index (χ3v) is 1.94. The van der Waals surface area contributed by atoms with Crippen molar-refractivity contribution in [1.82, 2.24) is 15.1 Å². The molecule has 0 aliphatic heterocycles. The highest BCUT2D eigenvalue weighted by Crippen LogP contribution is 2.08. The Morgan fingerprint density at radius 3 is 3.12 bits per heavy atom. The summed E-state index contributed by atoms with van der Waals surface area (Å²) in [4.78, 5) is 11.6. The van der Waals surface area contributed by atoms with Gasteiger partial charge in [-0.25, -0.2) is 4.39 Å². The van der Waals surface area contributed by atoms with Crippen LogP contribution in [0.5, 0.6) is 0 Å². The first-order chi connectivity index (χ1) is 7.69. The minimum Gasteiger partial charge on any atom is -0.383 e. The number of nitrogens with one attached hydrogen (secondary N) is 1. The maximum atomic E-state index is 12.1. The van der Waals surface area contributed by atoms with E-state index in [0.29, 0.717) is 13.2 Å². The highest BCUT2D eigenvalue weighted by molar-refractivity contribution is 5.98. The van der Waals surface area contributed by atoms with Gasteiger partial charge in [-0.2, -0.15) is 5.10 Å². The molecule has 90 valence electrons. The van der Waals surface area contributed by atoms with Crippen LogP contribution in [0.4, 0.5) is 10.2 Å². The van der Waals surface area contributed by atoms with Gasteiger partial charge >= 0.3 is 0 Å². The number of alkyl halides is 1. The summed E-state index contributed by atoms with van der Waals surface area (Å²) in [5.41, 5.74) is 5.78. The van der Waals surface area contributed by atoms with E-state index in [2.05, 4.69) is 10.4 Å². The average Bonchev–Trinajstić information content (AvgIpc) is 2.60. The maximum Gasteiger partial charge on any atom is 0.256 e. The second-order valence-corrected chi connectivity index (χ2v) is 3.13. The number of anilines is 1. The van der Waals surface area contributed by atoms with Crippen LogP contribution in [0.2, 0.25) is 0 Å². The second kappa shape index (κ2) is 6.06. The first-order valence-corrected chi connectivity index (χ1v) is 4.85. The van der Waals surface area contributed by atoms with E-state index in [1.54, 1.807) is 7.11 Å². The zero-order valence-electron chi connectivity index (χ0n) is 9.07. The van der Waals surface area contributed by atoms with Gasteiger partial charge in [0.2, 0.25) is 0 Å². The molecule has 1 amide bonds. The molecule has 1 aromatic rings. The molecule has 0 saturated carbocycles. The summed E-state index contributed by atoms with van der Waals surface area (Å²) in [6.07, 6.45) is 1.43. The molecule has 0 radical (unpaired) electrons. The SMILES string of the molecule is COCCNC(=O)c1cn(CCF)nc1N. The molecular formula is C9H15FN4O2. The number of nitrogens with two attached hydrogens (primary N) is 1. The number of ether oxygens (including phenoxy) is 1. The molecule has 1 aromatic heterocycles. The molecule has 0 aliphatic carbocycles. The van der Waals surface area contributed by atoms with Crippen molar-refractivity contribution in [3.8, 4) is 0 Å². The smallest absolute Gasteiger partial charge is 0.256 e. The average molecular weight is 230 g/mol. The fourth-order valence-electron chi connectivity index (χ4n) is 1.17. The van der Waals surface area contributed by atoms with Crippen LogP contribution in [0, 0.1) is 0 Å². The highest BCUT2D eigenvalue weighted by Gasteiger charge is 2.13. The summed E-state index contributed by atoms with van der Waals surface area (Å²) in [7, 11) is 1.54. The number of carbonyl (C=O) groups excluding carboxylic acids is 1. The van der Waals surface area contributed by atoms with Crippen LogP contribution in [0.3, 0.4) is 0 Å². The molecule has 1 rings (SSSR count). The predicted molar refractivity (Wildman–Crippen MR) is 56.8 cm³/mol. The van der Waals surface area contributed by atoms with Crippen LogP contribution in [-0.2, 0) is 11.3 Å². The standard InChI is InChI=1S/C9H15FN4O2/c1-16-5-3-12-9(15)7-6-14(4-2-10)13-8(7)11/h6H,2-5H2,1H3,(H2,11,13)(H,12,15). The van der Waals surface area contributed by atoms with Crippen LogP contribution < -0.4 is 11.1 Å². The van der Waals surface area contributed by atoms with Crippen molar-refractivity contribution in [3.05, 3.63) is 11.8 Å². The van der Waals surface area contributed by atoms with Gasteiger partial charge in [-0.05, 0) is 0 Å². The molecule has 3 N–H and O–H groups in total. The lowest BCUT2D eigenvalue weighted by molar-refractivity contribution is 0.0938. The van der Waals surface area contributed by atoms with Gasteiger partial charge in [0.05, 0.1) is 13.2 Å². The molecule has 1 heterocycles. The van der Waals surface area contributed by atoms with Gasteiger partial charge in [-0.3, -0.25) is 9.48 Å². The lowest BCUT2D eigenvalue weighted by Gasteiger charge is -2.02. The number of halogens is 1. The third-order valence-electron chi connectivity index (χ3n) is 1.94. The summed E-state index contributed by atoms with van der Waals surface area (Å²) in [6.45, 7) is 0.356. The van der Waals surface area contributed by atoms with E-state index in [0.717, 1.165) is 0 Å². The lowest BCUT2D eigenvalue weighted by atomic mass is 10.3. The van der Waals surface area contributed by atoms with Crippen LogP contribution in [0.1, 0.15) is 10.4 Å². The highest BCUT2D eigenvalue weighted by atomic mass is 19.1. The monoisotopic (exact) mass is 230 g/mol. The number of aromatic nitrogens is 2. The third kappa shape index (κ3) is 3.20. The van der Waals surface area contributed by atoms with E-state index in [9.17, 15) is 9.18 Å². The molecule has 16 heavy (non-hydrogen) atoms. The number of methoxy groups -OCH3 is 1. The van der Waals surface area contributed by atoms with Crippen molar-refractivity contribution < 1.29 is 13.9 Å². The molecule has 0 atom stereocenters.